The van der Waals surface area contributed by atoms with Crippen LogP contribution in [0, 0.1) is 0 Å². The molecule has 0 unspecified atom stereocenters. The van der Waals surface area contributed by atoms with Crippen LogP contribution in [0.3, 0.4) is 0 Å². The number of fused-ring (bicyclic) bond motifs is 1. The van der Waals surface area contributed by atoms with Crippen LogP contribution in [0.25, 0.3) is 10.2 Å². The number of piperidine rings is 1. The van der Waals surface area contributed by atoms with Crippen LogP contribution < -0.4 is 20.3 Å². The van der Waals surface area contributed by atoms with E-state index >= 15 is 0 Å². The fourth-order valence-electron chi connectivity index (χ4n) is 4.06. The zero-order valence-electron chi connectivity index (χ0n) is 20.3. The topological polar surface area (TPSA) is 112 Å². The number of rotatable bonds is 8. The number of hydrogen-bond donors (Lipinski definition) is 1. The van der Waals surface area contributed by atoms with Gasteiger partial charge >= 0.3 is 6.09 Å². The summed E-state index contributed by atoms with van der Waals surface area (Å²) in [5.41, 5.74) is 1.04. The third kappa shape index (κ3) is 5.76. The van der Waals surface area contributed by atoms with Gasteiger partial charge in [0.2, 0.25) is 5.91 Å². The molecule has 0 atom stereocenters. The number of amides is 2. The minimum absolute atomic E-state index is 0.0588. The van der Waals surface area contributed by atoms with Gasteiger partial charge in [0, 0.05) is 43.0 Å². The van der Waals surface area contributed by atoms with Crippen molar-refractivity contribution < 1.29 is 23.8 Å². The van der Waals surface area contributed by atoms with Gasteiger partial charge in [0.25, 0.3) is 5.56 Å². The van der Waals surface area contributed by atoms with Crippen LogP contribution in [-0.2, 0) is 9.53 Å². The summed E-state index contributed by atoms with van der Waals surface area (Å²) in [6, 6.07) is 6.80. The Kier molecular flexibility index (Phi) is 8.36. The van der Waals surface area contributed by atoms with Crippen molar-refractivity contribution in [2.45, 2.75) is 31.0 Å². The Balaban J connectivity index is 1.51. The van der Waals surface area contributed by atoms with Crippen molar-refractivity contribution in [2.75, 3.05) is 45.0 Å². The van der Waals surface area contributed by atoms with Gasteiger partial charge < -0.3 is 24.4 Å². The van der Waals surface area contributed by atoms with Crippen LogP contribution in [-0.4, -0.2) is 66.1 Å². The Bertz CT molecular complexity index is 1280. The highest BCUT2D eigenvalue weighted by molar-refractivity contribution is 7.99. The maximum atomic E-state index is 13.4. The Labute approximate surface area is 216 Å². The highest BCUT2D eigenvalue weighted by Crippen LogP contribution is 2.30. The quantitative estimate of drug-likeness (QED) is 0.342. The molecule has 1 aliphatic heterocycles. The Hall–Kier alpha value is -3.25. The maximum Gasteiger partial charge on any atom is 0.409 e. The molecule has 1 fully saturated rings. The lowest BCUT2D eigenvalue weighted by atomic mass is 10.1. The first-order valence-corrected chi connectivity index (χ1v) is 13.4. The SMILES string of the molecule is CCOC(=O)N1CCC(n2c(SCC(=O)Nc3cc(OC)cc(OC)c3)nc3ccsc3c2=O)CC1. The molecule has 10 nitrogen and oxygen atoms in total. The molecule has 0 saturated carbocycles. The monoisotopic (exact) mass is 532 g/mol. The number of aromatic nitrogens is 2. The number of anilines is 1. The van der Waals surface area contributed by atoms with Crippen molar-refractivity contribution in [3.63, 3.8) is 0 Å². The van der Waals surface area contributed by atoms with Gasteiger partial charge in [-0.3, -0.25) is 14.2 Å². The molecule has 36 heavy (non-hydrogen) atoms. The second-order valence-corrected chi connectivity index (χ2v) is 9.92. The van der Waals surface area contributed by atoms with Crippen LogP contribution in [0.5, 0.6) is 11.5 Å². The zero-order valence-corrected chi connectivity index (χ0v) is 21.9. The summed E-state index contributed by atoms with van der Waals surface area (Å²) < 4.78 is 17.9. The Morgan fingerprint density at radius 2 is 1.86 bits per heavy atom. The maximum absolute atomic E-state index is 13.4. The highest BCUT2D eigenvalue weighted by Gasteiger charge is 2.28. The van der Waals surface area contributed by atoms with Gasteiger partial charge in [0.05, 0.1) is 32.1 Å². The van der Waals surface area contributed by atoms with E-state index in [1.165, 1.54) is 23.1 Å². The van der Waals surface area contributed by atoms with E-state index in [9.17, 15) is 14.4 Å². The number of likely N-dealkylation sites (tertiary alicyclic amines) is 1. The van der Waals surface area contributed by atoms with Gasteiger partial charge in [-0.1, -0.05) is 11.8 Å². The summed E-state index contributed by atoms with van der Waals surface area (Å²) >= 11 is 2.57. The van der Waals surface area contributed by atoms with Gasteiger partial charge in [-0.05, 0) is 31.2 Å². The van der Waals surface area contributed by atoms with Crippen LogP contribution in [0.4, 0.5) is 10.5 Å². The first-order chi connectivity index (χ1) is 17.4. The second kappa shape index (κ2) is 11.7. The van der Waals surface area contributed by atoms with Gasteiger partial charge in [-0.15, -0.1) is 11.3 Å². The summed E-state index contributed by atoms with van der Waals surface area (Å²) in [4.78, 5) is 44.6. The van der Waals surface area contributed by atoms with E-state index in [1.807, 2.05) is 11.4 Å². The molecule has 2 aromatic heterocycles. The van der Waals surface area contributed by atoms with E-state index in [0.29, 0.717) is 65.1 Å². The summed E-state index contributed by atoms with van der Waals surface area (Å²) in [5.74, 6) is 0.928. The van der Waals surface area contributed by atoms with Gasteiger partial charge in [-0.25, -0.2) is 9.78 Å². The number of thioether (sulfide) groups is 1. The largest absolute Gasteiger partial charge is 0.497 e. The third-order valence-electron chi connectivity index (χ3n) is 5.80. The molecule has 3 heterocycles. The summed E-state index contributed by atoms with van der Waals surface area (Å²) in [6.07, 6.45) is 0.858. The lowest BCUT2D eigenvalue weighted by Gasteiger charge is -2.32. The van der Waals surface area contributed by atoms with Crippen molar-refractivity contribution in [1.29, 1.82) is 0 Å². The molecule has 2 amide bonds. The molecule has 0 spiro atoms. The van der Waals surface area contributed by atoms with Crippen molar-refractivity contribution in [3.05, 3.63) is 40.0 Å². The fraction of sp³-hybridized carbons (Fsp3) is 0.417. The fourth-order valence-corrected chi connectivity index (χ4v) is 5.69. The van der Waals surface area contributed by atoms with Gasteiger partial charge in [0.15, 0.2) is 5.16 Å². The number of ether oxygens (including phenoxy) is 3. The van der Waals surface area contributed by atoms with Crippen molar-refractivity contribution in [3.8, 4) is 11.5 Å². The summed E-state index contributed by atoms with van der Waals surface area (Å²) in [6.45, 7) is 3.07. The van der Waals surface area contributed by atoms with Gasteiger partial charge in [0.1, 0.15) is 16.2 Å². The first kappa shape index (κ1) is 25.8. The van der Waals surface area contributed by atoms with Crippen LogP contribution >= 0.6 is 23.1 Å². The molecule has 1 N–H and O–H groups in total. The van der Waals surface area contributed by atoms with E-state index in [-0.39, 0.29) is 29.4 Å². The van der Waals surface area contributed by atoms with E-state index < -0.39 is 0 Å². The molecule has 192 valence electrons. The smallest absolute Gasteiger partial charge is 0.409 e. The molecular weight excluding hydrogens is 504 g/mol. The Morgan fingerprint density at radius 1 is 1.17 bits per heavy atom. The van der Waals surface area contributed by atoms with Crippen molar-refractivity contribution in [2.24, 2.45) is 0 Å². The van der Waals surface area contributed by atoms with E-state index in [2.05, 4.69) is 5.32 Å². The molecule has 4 rings (SSSR count). The lowest BCUT2D eigenvalue weighted by Crippen LogP contribution is -2.41. The molecule has 0 bridgehead atoms. The molecule has 1 aromatic carbocycles. The average molecular weight is 533 g/mol. The number of carbonyl (C=O) groups is 2. The van der Waals surface area contributed by atoms with Gasteiger partial charge in [-0.2, -0.15) is 0 Å². The lowest BCUT2D eigenvalue weighted by molar-refractivity contribution is -0.113. The van der Waals surface area contributed by atoms with E-state index in [4.69, 9.17) is 19.2 Å². The van der Waals surface area contributed by atoms with Crippen molar-refractivity contribution in [1.82, 2.24) is 14.5 Å². The number of methoxy groups -OCH3 is 2. The number of nitrogens with zero attached hydrogens (tertiary/aromatic N) is 3. The molecular formula is C24H28N4O6S2. The highest BCUT2D eigenvalue weighted by atomic mass is 32.2. The number of carbonyl (C=O) groups excluding carboxylic acids is 2. The molecule has 0 aliphatic carbocycles. The van der Waals surface area contributed by atoms with Crippen LogP contribution in [0.1, 0.15) is 25.8 Å². The molecule has 1 saturated heterocycles. The van der Waals surface area contributed by atoms with Crippen LogP contribution in [0.2, 0.25) is 0 Å². The van der Waals surface area contributed by atoms with E-state index in [0.717, 1.165) is 0 Å². The number of hydrogen-bond acceptors (Lipinski definition) is 9. The van der Waals surface area contributed by atoms with Crippen LogP contribution in [0.15, 0.2) is 39.6 Å². The normalized spacial score (nSPS) is 14.0. The summed E-state index contributed by atoms with van der Waals surface area (Å²) in [5, 5.41) is 5.17. The third-order valence-corrected chi connectivity index (χ3v) is 7.65. The standard InChI is InChI=1S/C24H28N4O6S2/c1-4-34-24(31)27-8-5-16(6-9-27)28-22(30)21-19(7-10-35-21)26-23(28)36-14-20(29)25-15-11-17(32-2)13-18(12-15)33-3/h7,10-13,16H,4-6,8-9,14H2,1-3H3,(H,25,29). The van der Waals surface area contributed by atoms with E-state index in [1.54, 1.807) is 48.8 Å². The predicted octanol–water partition coefficient (Wildman–Crippen LogP) is 4.00. The second-order valence-electron chi connectivity index (χ2n) is 8.06. The molecule has 12 heteroatoms. The number of benzene rings is 1. The first-order valence-electron chi connectivity index (χ1n) is 11.5. The predicted molar refractivity (Wildman–Crippen MR) is 140 cm³/mol. The average Bonchev–Trinajstić information content (AvgIpc) is 3.36. The summed E-state index contributed by atoms with van der Waals surface area (Å²) in [7, 11) is 3.08. The minimum atomic E-state index is -0.337. The number of nitrogens with one attached hydrogen (secondary N) is 1. The zero-order chi connectivity index (χ0) is 25.7. The molecule has 1 aliphatic rings. The minimum Gasteiger partial charge on any atom is -0.497 e. The molecule has 0 radical (unpaired) electrons. The van der Waals surface area contributed by atoms with Crippen molar-refractivity contribution >= 4 is 51.0 Å². The Morgan fingerprint density at radius 3 is 2.50 bits per heavy atom. The number of thiophene rings is 1. The molecule has 3 aromatic rings.